The smallest absolute Gasteiger partial charge is 0.270 e. The molecule has 0 fully saturated rings. The van der Waals surface area contributed by atoms with Gasteiger partial charge in [0.1, 0.15) is 4.88 Å². The molecule has 2 aromatic heterocycles. The van der Waals surface area contributed by atoms with Gasteiger partial charge in [0, 0.05) is 29.7 Å². The molecule has 0 aliphatic carbocycles. The van der Waals surface area contributed by atoms with Crippen molar-refractivity contribution in [2.75, 3.05) is 11.4 Å². The first-order valence-electron chi connectivity index (χ1n) is 9.01. The summed E-state index contributed by atoms with van der Waals surface area (Å²) >= 11 is 1.45. The molecule has 0 spiro atoms. The fraction of sp³-hybridized carbons (Fsp3) is 0.182. The van der Waals surface area contributed by atoms with Crippen molar-refractivity contribution in [3.8, 4) is 11.3 Å². The van der Waals surface area contributed by atoms with Crippen LogP contribution in [0.15, 0.2) is 60.8 Å². The van der Waals surface area contributed by atoms with Crippen molar-refractivity contribution < 1.29 is 4.79 Å². The Balaban J connectivity index is 1.72. The molecule has 0 bridgehead atoms. The van der Waals surface area contributed by atoms with Crippen LogP contribution in [0.5, 0.6) is 0 Å². The molecule has 0 aliphatic rings. The Morgan fingerprint density at radius 1 is 1.11 bits per heavy atom. The van der Waals surface area contributed by atoms with Crippen LogP contribution in [0.3, 0.4) is 0 Å². The number of anilines is 1. The average Bonchev–Trinajstić information content (AvgIpc) is 3.23. The number of rotatable bonds is 4. The van der Waals surface area contributed by atoms with Crippen molar-refractivity contribution in [3.63, 3.8) is 0 Å². The Morgan fingerprint density at radius 2 is 1.89 bits per heavy atom. The Bertz CT molecular complexity index is 1110. The molecule has 4 aromatic rings. The van der Waals surface area contributed by atoms with Crippen molar-refractivity contribution >= 4 is 27.9 Å². The van der Waals surface area contributed by atoms with Gasteiger partial charge >= 0.3 is 0 Å². The number of carbonyl (C=O) groups is 1. The maximum Gasteiger partial charge on any atom is 0.270 e. The number of nitrogens with zero attached hydrogens (tertiary/aromatic N) is 3. The summed E-state index contributed by atoms with van der Waals surface area (Å²) in [5.74, 6) is 0.0253. The first-order valence-corrected chi connectivity index (χ1v) is 9.82. The maximum absolute atomic E-state index is 13.2. The fourth-order valence-electron chi connectivity index (χ4n) is 3.26. The molecular weight excluding hydrogens is 354 g/mol. The zero-order chi connectivity index (χ0) is 19.0. The number of aromatic nitrogens is 2. The van der Waals surface area contributed by atoms with E-state index in [1.807, 2.05) is 90.9 Å². The summed E-state index contributed by atoms with van der Waals surface area (Å²) in [6, 6.07) is 18.2. The summed E-state index contributed by atoms with van der Waals surface area (Å²) in [4.78, 5) is 21.4. The largest absolute Gasteiger partial charge is 0.308 e. The molecule has 0 atom stereocenters. The lowest BCUT2D eigenvalue weighted by atomic mass is 10.2. The van der Waals surface area contributed by atoms with Gasteiger partial charge in [-0.3, -0.25) is 9.20 Å². The van der Waals surface area contributed by atoms with E-state index in [2.05, 4.69) is 0 Å². The van der Waals surface area contributed by atoms with E-state index in [1.165, 1.54) is 11.3 Å². The maximum atomic E-state index is 13.2. The molecule has 0 saturated carbocycles. The van der Waals surface area contributed by atoms with E-state index in [0.717, 1.165) is 38.0 Å². The number of carbonyl (C=O) groups excluding carboxylic acids is 1. The molecule has 0 radical (unpaired) electrons. The van der Waals surface area contributed by atoms with Gasteiger partial charge in [0.15, 0.2) is 4.96 Å². The average molecular weight is 375 g/mol. The van der Waals surface area contributed by atoms with E-state index in [0.29, 0.717) is 6.54 Å². The van der Waals surface area contributed by atoms with Gasteiger partial charge in [-0.25, -0.2) is 4.98 Å². The lowest BCUT2D eigenvalue weighted by Gasteiger charge is -2.21. The first kappa shape index (κ1) is 17.5. The fourth-order valence-corrected chi connectivity index (χ4v) is 4.32. The van der Waals surface area contributed by atoms with Gasteiger partial charge < -0.3 is 4.90 Å². The molecule has 2 heterocycles. The van der Waals surface area contributed by atoms with Gasteiger partial charge in [-0.2, -0.15) is 0 Å². The Kier molecular flexibility index (Phi) is 4.54. The molecule has 4 rings (SSSR count). The van der Waals surface area contributed by atoms with Gasteiger partial charge in [0.05, 0.1) is 5.69 Å². The third kappa shape index (κ3) is 3.15. The minimum atomic E-state index is 0.0253. The van der Waals surface area contributed by atoms with Crippen LogP contribution in [0, 0.1) is 13.8 Å². The Morgan fingerprint density at radius 3 is 2.56 bits per heavy atom. The lowest BCUT2D eigenvalue weighted by Crippen LogP contribution is -2.30. The van der Waals surface area contributed by atoms with Crippen molar-refractivity contribution in [3.05, 3.63) is 76.9 Å². The highest BCUT2D eigenvalue weighted by Gasteiger charge is 2.23. The third-order valence-corrected chi connectivity index (χ3v) is 5.84. The number of imidazole rings is 1. The summed E-state index contributed by atoms with van der Waals surface area (Å²) in [6.07, 6.45) is 2.01. The van der Waals surface area contributed by atoms with E-state index in [9.17, 15) is 4.79 Å². The minimum absolute atomic E-state index is 0.0253. The molecule has 0 N–H and O–H groups in total. The van der Waals surface area contributed by atoms with Gasteiger partial charge in [0.2, 0.25) is 0 Å². The predicted molar refractivity (Wildman–Crippen MR) is 112 cm³/mol. The number of aryl methyl sites for hydroxylation is 2. The van der Waals surface area contributed by atoms with Crippen molar-refractivity contribution in [2.45, 2.75) is 20.8 Å². The molecule has 27 heavy (non-hydrogen) atoms. The molecule has 0 aliphatic heterocycles. The normalized spacial score (nSPS) is 11.1. The van der Waals surface area contributed by atoms with E-state index < -0.39 is 0 Å². The summed E-state index contributed by atoms with van der Waals surface area (Å²) in [5, 5.41) is 0. The summed E-state index contributed by atoms with van der Waals surface area (Å²) < 4.78 is 2.02. The number of thiazole rings is 1. The van der Waals surface area contributed by atoms with E-state index in [-0.39, 0.29) is 5.91 Å². The zero-order valence-corrected chi connectivity index (χ0v) is 16.5. The van der Waals surface area contributed by atoms with Crippen molar-refractivity contribution in [1.82, 2.24) is 9.38 Å². The number of amides is 1. The quantitative estimate of drug-likeness (QED) is 0.482. The molecule has 0 unspecified atom stereocenters. The van der Waals surface area contributed by atoms with Crippen molar-refractivity contribution in [2.24, 2.45) is 0 Å². The summed E-state index contributed by atoms with van der Waals surface area (Å²) in [7, 11) is 0. The van der Waals surface area contributed by atoms with Gasteiger partial charge in [0.25, 0.3) is 5.91 Å². The molecule has 1 amide bonds. The summed E-state index contributed by atoms with van der Waals surface area (Å²) in [6.45, 7) is 6.65. The van der Waals surface area contributed by atoms with Crippen LogP contribution in [0.1, 0.15) is 27.9 Å². The van der Waals surface area contributed by atoms with E-state index in [1.54, 1.807) is 0 Å². The topological polar surface area (TPSA) is 37.6 Å². The Hall–Kier alpha value is -2.92. The number of benzene rings is 2. The SMILES string of the molecule is CCN(C(=O)c1sc2nc(-c3ccccc3)cn2c1C)c1cccc(C)c1. The van der Waals surface area contributed by atoms with Crippen LogP contribution < -0.4 is 4.90 Å². The molecule has 136 valence electrons. The van der Waals surface area contributed by atoms with Crippen LogP contribution in [0.25, 0.3) is 16.2 Å². The molecular formula is C22H21N3OS. The second-order valence-electron chi connectivity index (χ2n) is 6.55. The molecule has 4 nitrogen and oxygen atoms in total. The standard InChI is InChI=1S/C22H21N3OS/c1-4-24(18-12-8-9-15(2)13-18)21(26)20-16(3)25-14-19(23-22(25)27-20)17-10-6-5-7-11-17/h5-14H,4H2,1-3H3. The van der Waals surface area contributed by atoms with Crippen LogP contribution in [-0.2, 0) is 0 Å². The summed E-state index contributed by atoms with van der Waals surface area (Å²) in [5.41, 5.74) is 5.01. The Labute approximate surface area is 162 Å². The number of hydrogen-bond donors (Lipinski definition) is 0. The predicted octanol–water partition coefficient (Wildman–Crippen LogP) is 5.35. The minimum Gasteiger partial charge on any atom is -0.308 e. The highest BCUT2D eigenvalue weighted by atomic mass is 32.1. The molecule has 5 heteroatoms. The van der Waals surface area contributed by atoms with E-state index in [4.69, 9.17) is 4.98 Å². The highest BCUT2D eigenvalue weighted by molar-refractivity contribution is 7.19. The van der Waals surface area contributed by atoms with Gasteiger partial charge in [-0.15, -0.1) is 0 Å². The van der Waals surface area contributed by atoms with Crippen LogP contribution in [0.2, 0.25) is 0 Å². The monoisotopic (exact) mass is 375 g/mol. The number of hydrogen-bond acceptors (Lipinski definition) is 3. The molecule has 0 saturated heterocycles. The van der Waals surface area contributed by atoms with Crippen molar-refractivity contribution in [1.29, 1.82) is 0 Å². The third-order valence-electron chi connectivity index (χ3n) is 4.70. The van der Waals surface area contributed by atoms with Gasteiger partial charge in [-0.05, 0) is 38.5 Å². The van der Waals surface area contributed by atoms with Gasteiger partial charge in [-0.1, -0.05) is 53.8 Å². The first-order chi connectivity index (χ1) is 13.1. The van der Waals surface area contributed by atoms with Crippen LogP contribution in [0.4, 0.5) is 5.69 Å². The van der Waals surface area contributed by atoms with E-state index >= 15 is 0 Å². The zero-order valence-electron chi connectivity index (χ0n) is 15.6. The van der Waals surface area contributed by atoms with Crippen LogP contribution in [-0.4, -0.2) is 21.8 Å². The second-order valence-corrected chi connectivity index (χ2v) is 7.53. The number of fused-ring (bicyclic) bond motifs is 1. The highest BCUT2D eigenvalue weighted by Crippen LogP contribution is 2.29. The second kappa shape index (κ2) is 7.00. The molecule has 2 aromatic carbocycles. The lowest BCUT2D eigenvalue weighted by molar-refractivity contribution is 0.0991. The van der Waals surface area contributed by atoms with Crippen LogP contribution >= 0.6 is 11.3 Å².